The normalized spacial score (nSPS) is 12.5. The van der Waals surface area contributed by atoms with Crippen molar-refractivity contribution >= 4 is 16.6 Å². The summed E-state index contributed by atoms with van der Waals surface area (Å²) in [5, 5.41) is 12.0. The third-order valence-corrected chi connectivity index (χ3v) is 5.95. The molecule has 0 saturated carbocycles. The second-order valence-electron chi connectivity index (χ2n) is 12.4. The van der Waals surface area contributed by atoms with Crippen LogP contribution in [0.3, 0.4) is 0 Å². The largest absolute Gasteiger partial charge is 0.512 e. The molecule has 197 valence electrons. The Morgan fingerprint density at radius 3 is 2.03 bits per heavy atom. The molecule has 4 heteroatoms. The van der Waals surface area contributed by atoms with Crippen LogP contribution in [0.1, 0.15) is 79.0 Å². The van der Waals surface area contributed by atoms with Gasteiger partial charge in [-0.25, -0.2) is 0 Å². The van der Waals surface area contributed by atoms with E-state index < -0.39 is 5.41 Å². The van der Waals surface area contributed by atoms with Gasteiger partial charge in [-0.2, -0.15) is 0 Å². The standard InChI is InChI=1S/C21H22N.C11H20O2.Ir/c1-14-10-17(12-18(11-14)21(3,4)5)20-15(2)19-9-7-6-8-16(19)13-22-20;1-10(2,3)8(12)7-9(13)11(4,5)6;/h6-9,11-13H,1-5H3;7,12H,1-6H3;/q-1;;/b;8-7-;. The number of carbonyl (C=O) groups excluding carboxylic acids is 1. The van der Waals surface area contributed by atoms with Gasteiger partial charge in [-0.3, -0.25) is 4.79 Å². The number of allylic oxidation sites excluding steroid dienone is 2. The molecule has 3 rings (SSSR count). The number of aliphatic hydroxyl groups is 1. The number of aryl methyl sites for hydroxylation is 2. The van der Waals surface area contributed by atoms with Crippen LogP contribution in [0.2, 0.25) is 0 Å². The van der Waals surface area contributed by atoms with Gasteiger partial charge in [-0.15, -0.1) is 34.9 Å². The zero-order valence-electron chi connectivity index (χ0n) is 23.8. The van der Waals surface area contributed by atoms with Crippen molar-refractivity contribution in [1.82, 2.24) is 4.98 Å². The zero-order chi connectivity index (χ0) is 26.8. The Balaban J connectivity index is 0.000000402. The van der Waals surface area contributed by atoms with Crippen LogP contribution in [-0.4, -0.2) is 15.9 Å². The molecular weight excluding hydrogens is 623 g/mol. The molecule has 0 aliphatic rings. The van der Waals surface area contributed by atoms with Crippen molar-refractivity contribution in [2.45, 2.75) is 81.6 Å². The molecular formula is C32H42IrNO2-. The number of hydrogen-bond acceptors (Lipinski definition) is 3. The number of carbonyl (C=O) groups is 1. The third-order valence-electron chi connectivity index (χ3n) is 5.95. The van der Waals surface area contributed by atoms with Crippen molar-refractivity contribution in [3.8, 4) is 11.3 Å². The van der Waals surface area contributed by atoms with Gasteiger partial charge in [0.2, 0.25) is 0 Å². The van der Waals surface area contributed by atoms with Gasteiger partial charge >= 0.3 is 0 Å². The number of rotatable bonds is 2. The van der Waals surface area contributed by atoms with Gasteiger partial charge in [0.25, 0.3) is 0 Å². The molecule has 36 heavy (non-hydrogen) atoms. The third kappa shape index (κ3) is 8.39. The second-order valence-corrected chi connectivity index (χ2v) is 12.4. The van der Waals surface area contributed by atoms with E-state index in [-0.39, 0.29) is 42.5 Å². The maximum Gasteiger partial charge on any atom is 0.164 e. The number of hydrogen-bond donors (Lipinski definition) is 1. The summed E-state index contributed by atoms with van der Waals surface area (Å²) in [5.74, 6) is 0.104. The first-order chi connectivity index (χ1) is 15.9. The molecule has 0 atom stereocenters. The minimum atomic E-state index is -0.417. The van der Waals surface area contributed by atoms with Gasteiger partial charge in [0, 0.05) is 43.2 Å². The van der Waals surface area contributed by atoms with Crippen LogP contribution < -0.4 is 0 Å². The minimum absolute atomic E-state index is 0. The quantitative estimate of drug-likeness (QED) is 0.169. The molecule has 1 heterocycles. The fourth-order valence-corrected chi connectivity index (χ4v) is 3.41. The molecule has 0 spiro atoms. The van der Waals surface area contributed by atoms with Crippen molar-refractivity contribution in [3.05, 3.63) is 77.2 Å². The molecule has 1 radical (unpaired) electrons. The van der Waals surface area contributed by atoms with Crippen molar-refractivity contribution in [3.63, 3.8) is 0 Å². The van der Waals surface area contributed by atoms with Crippen LogP contribution in [0.5, 0.6) is 0 Å². The summed E-state index contributed by atoms with van der Waals surface area (Å²) < 4.78 is 0. The second kappa shape index (κ2) is 11.8. The summed E-state index contributed by atoms with van der Waals surface area (Å²) in [6.07, 6.45) is 3.30. The van der Waals surface area contributed by atoms with Gasteiger partial charge < -0.3 is 10.1 Å². The first-order valence-corrected chi connectivity index (χ1v) is 12.3. The van der Waals surface area contributed by atoms with Crippen LogP contribution in [-0.2, 0) is 30.3 Å². The Labute approximate surface area is 231 Å². The van der Waals surface area contributed by atoms with Crippen LogP contribution >= 0.6 is 0 Å². The molecule has 0 fully saturated rings. The van der Waals surface area contributed by atoms with Gasteiger partial charge in [0.05, 0.1) is 0 Å². The van der Waals surface area contributed by atoms with E-state index in [1.165, 1.54) is 28.0 Å². The van der Waals surface area contributed by atoms with E-state index in [1.807, 2.05) is 47.7 Å². The number of ketones is 1. The van der Waals surface area contributed by atoms with Crippen molar-refractivity contribution in [1.29, 1.82) is 0 Å². The molecule has 0 aliphatic heterocycles. The minimum Gasteiger partial charge on any atom is -0.512 e. The number of fused-ring (bicyclic) bond motifs is 1. The maximum absolute atomic E-state index is 11.5. The molecule has 3 nitrogen and oxygen atoms in total. The van der Waals surface area contributed by atoms with E-state index in [0.717, 1.165) is 16.8 Å². The van der Waals surface area contributed by atoms with E-state index in [1.54, 1.807) is 0 Å². The van der Waals surface area contributed by atoms with Crippen LogP contribution in [0.15, 0.2) is 54.4 Å². The maximum atomic E-state index is 11.5. The van der Waals surface area contributed by atoms with E-state index in [4.69, 9.17) is 4.98 Å². The predicted molar refractivity (Wildman–Crippen MR) is 149 cm³/mol. The Morgan fingerprint density at radius 2 is 1.50 bits per heavy atom. The number of pyridine rings is 1. The zero-order valence-corrected chi connectivity index (χ0v) is 26.1. The molecule has 0 amide bonds. The average Bonchev–Trinajstić information content (AvgIpc) is 2.72. The van der Waals surface area contributed by atoms with Crippen molar-refractivity contribution in [2.24, 2.45) is 10.8 Å². The van der Waals surface area contributed by atoms with Crippen molar-refractivity contribution in [2.75, 3.05) is 0 Å². The molecule has 3 aromatic rings. The van der Waals surface area contributed by atoms with Crippen molar-refractivity contribution < 1.29 is 30.0 Å². The first kappa shape index (κ1) is 31.7. The van der Waals surface area contributed by atoms with E-state index in [2.05, 4.69) is 77.1 Å². The molecule has 0 saturated heterocycles. The molecule has 2 aromatic carbocycles. The molecule has 0 bridgehead atoms. The Kier molecular flexibility index (Phi) is 10.4. The molecule has 0 aliphatic carbocycles. The van der Waals surface area contributed by atoms with Gasteiger partial charge in [-0.1, -0.05) is 99.1 Å². The fourth-order valence-electron chi connectivity index (χ4n) is 3.41. The topological polar surface area (TPSA) is 50.2 Å². The first-order valence-electron chi connectivity index (χ1n) is 12.3. The predicted octanol–water partition coefficient (Wildman–Crippen LogP) is 8.70. The summed E-state index contributed by atoms with van der Waals surface area (Å²) in [7, 11) is 0. The van der Waals surface area contributed by atoms with Gasteiger partial charge in [-0.05, 0) is 28.8 Å². The summed E-state index contributed by atoms with van der Waals surface area (Å²) in [4.78, 5) is 16.2. The molecule has 1 aromatic heterocycles. The molecule has 0 unspecified atom stereocenters. The number of benzene rings is 2. The number of nitrogens with zero attached hydrogens (tertiary/aromatic N) is 1. The average molecular weight is 665 g/mol. The monoisotopic (exact) mass is 665 g/mol. The summed E-state index contributed by atoms with van der Waals surface area (Å²) >= 11 is 0. The van der Waals surface area contributed by atoms with Gasteiger partial charge in [0.1, 0.15) is 5.76 Å². The summed E-state index contributed by atoms with van der Waals surface area (Å²) in [5.41, 5.74) is 5.20. The Morgan fingerprint density at radius 1 is 0.917 bits per heavy atom. The van der Waals surface area contributed by atoms with E-state index in [9.17, 15) is 9.90 Å². The number of aliphatic hydroxyl groups excluding tert-OH is 1. The SMILES string of the molecule is CC(C)(C)C(=O)/C=C(\O)C(C)(C)C.Cc1[c-]c(-c2ncc3ccccc3c2C)cc(C(C)(C)C)c1.[Ir]. The summed E-state index contributed by atoms with van der Waals surface area (Å²) in [6.45, 7) is 22.1. The Bertz CT molecular complexity index is 1240. The number of aromatic nitrogens is 1. The van der Waals surface area contributed by atoms with Crippen LogP contribution in [0.4, 0.5) is 0 Å². The van der Waals surface area contributed by atoms with E-state index >= 15 is 0 Å². The smallest absolute Gasteiger partial charge is 0.164 e. The van der Waals surface area contributed by atoms with Crippen LogP contribution in [0, 0.1) is 30.7 Å². The van der Waals surface area contributed by atoms with Crippen LogP contribution in [0.25, 0.3) is 22.0 Å². The molecule has 1 N–H and O–H groups in total. The van der Waals surface area contributed by atoms with Gasteiger partial charge in [0.15, 0.2) is 5.78 Å². The Hall–Kier alpha value is -2.29. The summed E-state index contributed by atoms with van der Waals surface area (Å²) in [6, 6.07) is 16.3. The van der Waals surface area contributed by atoms with E-state index in [0.29, 0.717) is 0 Å². The fraction of sp³-hybridized carbons (Fsp3) is 0.438.